The Kier molecular flexibility index (Phi) is 5.39. The first kappa shape index (κ1) is 16.0. The highest BCUT2D eigenvalue weighted by atomic mass is 32.2. The minimum absolute atomic E-state index is 0.0476. The third-order valence-corrected chi connectivity index (χ3v) is 4.64. The summed E-state index contributed by atoms with van der Waals surface area (Å²) in [6.45, 7) is 2.00. The summed E-state index contributed by atoms with van der Waals surface area (Å²) in [6, 6.07) is 3.37. The van der Waals surface area contributed by atoms with E-state index in [4.69, 9.17) is 0 Å². The summed E-state index contributed by atoms with van der Waals surface area (Å²) < 4.78 is 50.0. The Morgan fingerprint density at radius 3 is 2.42 bits per heavy atom. The van der Waals surface area contributed by atoms with Crippen molar-refractivity contribution in [3.8, 4) is 0 Å². The van der Waals surface area contributed by atoms with E-state index in [1.165, 1.54) is 20.2 Å². The first-order valence-electron chi connectivity index (χ1n) is 5.82. The van der Waals surface area contributed by atoms with E-state index in [1.54, 1.807) is 6.92 Å². The molecule has 0 saturated heterocycles. The van der Waals surface area contributed by atoms with Gasteiger partial charge in [-0.2, -0.15) is 0 Å². The first-order valence-corrected chi connectivity index (χ1v) is 7.43. The van der Waals surface area contributed by atoms with Crippen molar-refractivity contribution in [1.29, 1.82) is 0 Å². The molecule has 1 unspecified atom stereocenters. The lowest BCUT2D eigenvalue weighted by atomic mass is 10.1. The van der Waals surface area contributed by atoms with E-state index in [1.807, 2.05) is 0 Å². The fourth-order valence-corrected chi connectivity index (χ4v) is 2.23. The van der Waals surface area contributed by atoms with E-state index in [-0.39, 0.29) is 18.3 Å². The van der Waals surface area contributed by atoms with Gasteiger partial charge in [0.25, 0.3) is 0 Å². The fraction of sp³-hybridized carbons (Fsp3) is 0.500. The lowest BCUT2D eigenvalue weighted by Crippen LogP contribution is -2.32. The molecule has 0 aliphatic heterocycles. The lowest BCUT2D eigenvalue weighted by Gasteiger charge is -2.16. The molecule has 0 spiro atoms. The Morgan fingerprint density at radius 1 is 1.26 bits per heavy atom. The third-order valence-electron chi connectivity index (χ3n) is 2.81. The minimum Gasteiger partial charge on any atom is -0.309 e. The van der Waals surface area contributed by atoms with Gasteiger partial charge >= 0.3 is 0 Å². The predicted octanol–water partition coefficient (Wildman–Crippen LogP) is 1.51. The highest BCUT2D eigenvalue weighted by Gasteiger charge is 2.14. The summed E-state index contributed by atoms with van der Waals surface area (Å²) in [5, 5.41) is 2.96. The molecule has 0 fully saturated rings. The summed E-state index contributed by atoms with van der Waals surface area (Å²) >= 11 is 0. The van der Waals surface area contributed by atoms with Crippen molar-refractivity contribution >= 4 is 10.0 Å². The van der Waals surface area contributed by atoms with Gasteiger partial charge in [-0.1, -0.05) is 6.07 Å². The Hall–Kier alpha value is -1.05. The van der Waals surface area contributed by atoms with Crippen LogP contribution in [0.1, 0.15) is 18.5 Å². The smallest absolute Gasteiger partial charge is 0.214 e. The number of nitrogens with zero attached hydrogens (tertiary/aromatic N) is 1. The minimum atomic E-state index is -3.25. The molecule has 0 heterocycles. The van der Waals surface area contributed by atoms with Gasteiger partial charge in [-0.25, -0.2) is 21.5 Å². The van der Waals surface area contributed by atoms with E-state index in [0.29, 0.717) is 5.56 Å². The van der Waals surface area contributed by atoms with Crippen molar-refractivity contribution in [3.05, 3.63) is 35.4 Å². The maximum atomic E-state index is 13.1. The Balaban J connectivity index is 2.56. The van der Waals surface area contributed by atoms with Gasteiger partial charge < -0.3 is 5.32 Å². The molecule has 0 aliphatic rings. The van der Waals surface area contributed by atoms with E-state index in [9.17, 15) is 17.2 Å². The van der Waals surface area contributed by atoms with Gasteiger partial charge in [0.2, 0.25) is 10.0 Å². The molecule has 1 aromatic rings. The zero-order valence-corrected chi connectivity index (χ0v) is 12.0. The van der Waals surface area contributed by atoms with Crippen molar-refractivity contribution in [2.45, 2.75) is 13.0 Å². The van der Waals surface area contributed by atoms with Crippen LogP contribution in [0.3, 0.4) is 0 Å². The standard InChI is InChI=1S/C12H18F2N2O2S/c1-9(10-4-5-11(13)12(14)8-10)15-6-7-19(17,18)16(2)3/h4-5,8-9,15H,6-7H2,1-3H3. The number of hydrogen-bond acceptors (Lipinski definition) is 3. The van der Waals surface area contributed by atoms with Crippen LogP contribution in [0.5, 0.6) is 0 Å². The fourth-order valence-electron chi connectivity index (χ4n) is 1.49. The molecule has 0 aromatic heterocycles. The van der Waals surface area contributed by atoms with Crippen molar-refractivity contribution in [2.24, 2.45) is 0 Å². The van der Waals surface area contributed by atoms with E-state index >= 15 is 0 Å². The lowest BCUT2D eigenvalue weighted by molar-refractivity contribution is 0.499. The van der Waals surface area contributed by atoms with Gasteiger partial charge in [0, 0.05) is 26.7 Å². The van der Waals surface area contributed by atoms with Crippen molar-refractivity contribution in [3.63, 3.8) is 0 Å². The molecular formula is C12H18F2N2O2S. The predicted molar refractivity (Wildman–Crippen MR) is 70.2 cm³/mol. The molecule has 1 N–H and O–H groups in total. The van der Waals surface area contributed by atoms with Gasteiger partial charge in [0.15, 0.2) is 11.6 Å². The zero-order chi connectivity index (χ0) is 14.6. The molecule has 0 saturated carbocycles. The summed E-state index contributed by atoms with van der Waals surface area (Å²) in [7, 11) is -0.321. The van der Waals surface area contributed by atoms with Crippen LogP contribution in [0.4, 0.5) is 8.78 Å². The average Bonchev–Trinajstić information content (AvgIpc) is 2.32. The molecule has 19 heavy (non-hydrogen) atoms. The van der Waals surface area contributed by atoms with Crippen LogP contribution in [0.15, 0.2) is 18.2 Å². The van der Waals surface area contributed by atoms with Crippen LogP contribution in [-0.4, -0.2) is 39.1 Å². The maximum Gasteiger partial charge on any atom is 0.214 e. The van der Waals surface area contributed by atoms with Gasteiger partial charge in [0.1, 0.15) is 0 Å². The van der Waals surface area contributed by atoms with Crippen molar-refractivity contribution in [1.82, 2.24) is 9.62 Å². The zero-order valence-electron chi connectivity index (χ0n) is 11.2. The van der Waals surface area contributed by atoms with Crippen molar-refractivity contribution in [2.75, 3.05) is 26.4 Å². The van der Waals surface area contributed by atoms with Crippen LogP contribution >= 0.6 is 0 Å². The Labute approximate surface area is 112 Å². The van der Waals surface area contributed by atoms with E-state index in [0.717, 1.165) is 16.4 Å². The maximum absolute atomic E-state index is 13.1. The summed E-state index contributed by atoms with van der Waals surface area (Å²) in [5.74, 6) is -1.85. The normalized spacial score (nSPS) is 13.8. The molecule has 7 heteroatoms. The first-order chi connectivity index (χ1) is 8.74. The second kappa shape index (κ2) is 6.40. The molecule has 1 aromatic carbocycles. The number of sulfonamides is 1. The summed E-state index contributed by atoms with van der Waals surface area (Å²) in [4.78, 5) is 0. The SMILES string of the molecule is CC(NCCS(=O)(=O)N(C)C)c1ccc(F)c(F)c1. The van der Waals surface area contributed by atoms with Crippen LogP contribution in [0.2, 0.25) is 0 Å². The molecule has 1 rings (SSSR count). The van der Waals surface area contributed by atoms with E-state index in [2.05, 4.69) is 5.32 Å². The third kappa shape index (κ3) is 4.52. The van der Waals surface area contributed by atoms with Crippen LogP contribution in [0, 0.1) is 11.6 Å². The van der Waals surface area contributed by atoms with Crippen LogP contribution in [-0.2, 0) is 10.0 Å². The molecule has 108 valence electrons. The number of halogens is 2. The highest BCUT2D eigenvalue weighted by Crippen LogP contribution is 2.15. The highest BCUT2D eigenvalue weighted by molar-refractivity contribution is 7.89. The van der Waals surface area contributed by atoms with Crippen LogP contribution < -0.4 is 5.32 Å². The number of benzene rings is 1. The molecule has 0 aliphatic carbocycles. The number of rotatable bonds is 6. The number of hydrogen-bond donors (Lipinski definition) is 1. The number of nitrogens with one attached hydrogen (secondary N) is 1. The quantitative estimate of drug-likeness (QED) is 0.864. The van der Waals surface area contributed by atoms with Crippen molar-refractivity contribution < 1.29 is 17.2 Å². The summed E-state index contributed by atoms with van der Waals surface area (Å²) in [6.07, 6.45) is 0. The van der Waals surface area contributed by atoms with Gasteiger partial charge in [-0.3, -0.25) is 0 Å². The largest absolute Gasteiger partial charge is 0.309 e. The second-order valence-corrected chi connectivity index (χ2v) is 6.75. The molecule has 0 bridgehead atoms. The van der Waals surface area contributed by atoms with Crippen LogP contribution in [0.25, 0.3) is 0 Å². The molecule has 1 atom stereocenters. The van der Waals surface area contributed by atoms with E-state index < -0.39 is 21.7 Å². The average molecular weight is 292 g/mol. The van der Waals surface area contributed by atoms with Gasteiger partial charge in [-0.05, 0) is 24.6 Å². The van der Waals surface area contributed by atoms with Gasteiger partial charge in [0.05, 0.1) is 5.75 Å². The molecule has 4 nitrogen and oxygen atoms in total. The second-order valence-electron chi connectivity index (χ2n) is 4.45. The Morgan fingerprint density at radius 2 is 1.89 bits per heavy atom. The monoisotopic (exact) mass is 292 g/mol. The molecular weight excluding hydrogens is 274 g/mol. The summed E-state index contributed by atoms with van der Waals surface area (Å²) in [5.41, 5.74) is 0.571. The van der Waals surface area contributed by atoms with Gasteiger partial charge in [-0.15, -0.1) is 0 Å². The Bertz CT molecular complexity index is 533. The topological polar surface area (TPSA) is 49.4 Å². The molecule has 0 radical (unpaired) electrons. The molecule has 0 amide bonds.